The van der Waals surface area contributed by atoms with Gasteiger partial charge in [-0.1, -0.05) is 23.7 Å². The van der Waals surface area contributed by atoms with E-state index in [1.807, 2.05) is 6.92 Å². The molecule has 21 heavy (non-hydrogen) atoms. The molecule has 0 bridgehead atoms. The van der Waals surface area contributed by atoms with Crippen molar-refractivity contribution in [1.82, 2.24) is 0 Å². The Kier molecular flexibility index (Phi) is 4.53. The summed E-state index contributed by atoms with van der Waals surface area (Å²) in [5.74, 6) is 0. The second-order valence-corrected chi connectivity index (χ2v) is 6.49. The molecule has 112 valence electrons. The molecule has 2 aromatic rings. The second kappa shape index (κ2) is 6.03. The molecular formula is C14H14ClN2O3S-. The highest BCUT2D eigenvalue weighted by Crippen LogP contribution is 2.24. The third-order valence-corrected chi connectivity index (χ3v) is 4.08. The lowest BCUT2D eigenvalue weighted by Gasteiger charge is -2.17. The molecule has 0 heterocycles. The summed E-state index contributed by atoms with van der Waals surface area (Å²) in [6.45, 7) is 1.82. The molecule has 0 aliphatic rings. The molecular weight excluding hydrogens is 312 g/mol. The maximum Gasteiger partial charge on any atom is 0.151 e. The zero-order valence-electron chi connectivity index (χ0n) is 11.2. The number of rotatable bonds is 4. The van der Waals surface area contributed by atoms with Crippen LogP contribution in [0.5, 0.6) is 0 Å². The summed E-state index contributed by atoms with van der Waals surface area (Å²) in [6, 6.07) is 10.8. The first-order chi connectivity index (χ1) is 9.77. The van der Waals surface area contributed by atoms with E-state index in [2.05, 4.69) is 5.32 Å². The van der Waals surface area contributed by atoms with Crippen molar-refractivity contribution >= 4 is 27.3 Å². The van der Waals surface area contributed by atoms with E-state index in [-0.39, 0.29) is 4.90 Å². The van der Waals surface area contributed by atoms with Crippen molar-refractivity contribution in [2.24, 2.45) is 0 Å². The van der Waals surface area contributed by atoms with Gasteiger partial charge in [-0.25, -0.2) is 8.42 Å². The van der Waals surface area contributed by atoms with Gasteiger partial charge in [-0.15, -0.1) is 0 Å². The smallest absolute Gasteiger partial charge is 0.151 e. The molecule has 0 aliphatic carbocycles. The molecule has 0 saturated carbocycles. The van der Waals surface area contributed by atoms with Crippen LogP contribution in [-0.4, -0.2) is 13.5 Å². The second-order valence-electron chi connectivity index (χ2n) is 4.58. The van der Waals surface area contributed by atoms with Gasteiger partial charge in [-0.3, -0.25) is 0 Å². The monoisotopic (exact) mass is 325 g/mol. The number of halogens is 1. The summed E-state index contributed by atoms with van der Waals surface area (Å²) in [4.78, 5) is -0.132. The third-order valence-electron chi connectivity index (χ3n) is 2.97. The van der Waals surface area contributed by atoms with Gasteiger partial charge in [0.05, 0.1) is 14.9 Å². The van der Waals surface area contributed by atoms with Crippen LogP contribution in [0.1, 0.15) is 17.4 Å². The Hall–Kier alpha value is -1.60. The number of sulfonamides is 1. The number of aliphatic hydroxyl groups is 1. The lowest BCUT2D eigenvalue weighted by molar-refractivity contribution is 0.207. The van der Waals surface area contributed by atoms with E-state index in [1.54, 1.807) is 24.3 Å². The quantitative estimate of drug-likeness (QED) is 0.842. The molecule has 3 N–H and O–H groups in total. The minimum atomic E-state index is -4.03. The van der Waals surface area contributed by atoms with Crippen LogP contribution in [0.15, 0.2) is 47.4 Å². The van der Waals surface area contributed by atoms with Crippen LogP contribution in [0, 0.1) is 6.92 Å². The lowest BCUT2D eigenvalue weighted by atomic mass is 10.1. The van der Waals surface area contributed by atoms with Crippen molar-refractivity contribution in [3.63, 3.8) is 0 Å². The van der Waals surface area contributed by atoms with E-state index in [0.29, 0.717) is 16.3 Å². The molecule has 0 aliphatic heterocycles. The number of benzene rings is 2. The molecule has 0 aromatic heterocycles. The van der Waals surface area contributed by atoms with Crippen LogP contribution in [0.4, 0.5) is 5.69 Å². The van der Waals surface area contributed by atoms with Gasteiger partial charge in [0.2, 0.25) is 0 Å². The standard InChI is InChI=1S/C14H14ClN2O3S/c1-9-7-10(15)5-6-13(9)14(18)17-11-3-2-4-12(8-11)21(16,19)20/h2-8,14,17-18H,1H3,(H-,16,19,20)/q-1. The fraction of sp³-hybridized carbons (Fsp3) is 0.143. The molecule has 0 radical (unpaired) electrons. The first-order valence-corrected chi connectivity index (χ1v) is 7.94. The summed E-state index contributed by atoms with van der Waals surface area (Å²) in [7, 11) is -4.03. The van der Waals surface area contributed by atoms with Crippen molar-refractivity contribution in [2.75, 3.05) is 5.32 Å². The maximum absolute atomic E-state index is 11.2. The molecule has 1 atom stereocenters. The highest BCUT2D eigenvalue weighted by atomic mass is 35.5. The van der Waals surface area contributed by atoms with Gasteiger partial charge >= 0.3 is 0 Å². The van der Waals surface area contributed by atoms with Gasteiger partial charge < -0.3 is 15.6 Å². The van der Waals surface area contributed by atoms with E-state index < -0.39 is 16.3 Å². The summed E-state index contributed by atoms with van der Waals surface area (Å²) in [5, 5.41) is 20.6. The van der Waals surface area contributed by atoms with Crippen molar-refractivity contribution < 1.29 is 13.5 Å². The third kappa shape index (κ3) is 3.95. The van der Waals surface area contributed by atoms with E-state index in [1.165, 1.54) is 18.2 Å². The van der Waals surface area contributed by atoms with E-state index in [9.17, 15) is 13.5 Å². The van der Waals surface area contributed by atoms with Gasteiger partial charge in [0.15, 0.2) is 6.23 Å². The molecule has 0 amide bonds. The number of hydrogen-bond donors (Lipinski definition) is 2. The van der Waals surface area contributed by atoms with E-state index in [0.717, 1.165) is 5.56 Å². The highest BCUT2D eigenvalue weighted by molar-refractivity contribution is 7.93. The predicted molar refractivity (Wildman–Crippen MR) is 82.7 cm³/mol. The van der Waals surface area contributed by atoms with Crippen molar-refractivity contribution in [1.29, 1.82) is 0 Å². The Morgan fingerprint density at radius 2 is 1.95 bits per heavy atom. The Labute approximate surface area is 128 Å². The number of anilines is 1. The summed E-state index contributed by atoms with van der Waals surface area (Å²) in [6.07, 6.45) is -1.01. The number of aryl methyl sites for hydroxylation is 1. The number of nitrogens with one attached hydrogen (secondary N) is 2. The fourth-order valence-electron chi connectivity index (χ4n) is 1.93. The average Bonchev–Trinajstić information content (AvgIpc) is 2.37. The molecule has 0 saturated heterocycles. The Morgan fingerprint density at radius 3 is 2.57 bits per heavy atom. The Bertz CT molecular complexity index is 763. The largest absolute Gasteiger partial charge is 0.560 e. The first kappa shape index (κ1) is 15.8. The maximum atomic E-state index is 11.2. The first-order valence-electron chi connectivity index (χ1n) is 6.08. The summed E-state index contributed by atoms with van der Waals surface area (Å²) in [5.41, 5.74) is 1.86. The van der Waals surface area contributed by atoms with Crippen LogP contribution in [0.25, 0.3) is 5.14 Å². The number of aliphatic hydroxyl groups excluding tert-OH is 1. The van der Waals surface area contributed by atoms with Crippen LogP contribution >= 0.6 is 11.6 Å². The molecule has 0 fully saturated rings. The molecule has 5 nitrogen and oxygen atoms in total. The minimum Gasteiger partial charge on any atom is -0.560 e. The Balaban J connectivity index is 2.25. The topological polar surface area (TPSA) is 90.2 Å². The van der Waals surface area contributed by atoms with E-state index in [4.69, 9.17) is 16.7 Å². The summed E-state index contributed by atoms with van der Waals surface area (Å²) < 4.78 is 22.4. The predicted octanol–water partition coefficient (Wildman–Crippen LogP) is 3.49. The Morgan fingerprint density at radius 1 is 1.24 bits per heavy atom. The zero-order valence-corrected chi connectivity index (χ0v) is 12.7. The van der Waals surface area contributed by atoms with Gasteiger partial charge in [0, 0.05) is 16.3 Å². The number of hydrogen-bond acceptors (Lipinski definition) is 4. The molecule has 2 rings (SSSR count). The van der Waals surface area contributed by atoms with Gasteiger partial charge in [0.1, 0.15) is 0 Å². The zero-order chi connectivity index (χ0) is 15.6. The molecule has 7 heteroatoms. The van der Waals surface area contributed by atoms with Crippen molar-refractivity contribution in [3.05, 3.63) is 63.8 Å². The highest BCUT2D eigenvalue weighted by Gasteiger charge is 2.11. The van der Waals surface area contributed by atoms with Crippen LogP contribution in [0.2, 0.25) is 5.02 Å². The molecule has 0 spiro atoms. The molecule has 2 aromatic carbocycles. The normalized spacial score (nSPS) is 13.0. The van der Waals surface area contributed by atoms with Crippen molar-refractivity contribution in [2.45, 2.75) is 18.0 Å². The van der Waals surface area contributed by atoms with Crippen molar-refractivity contribution in [3.8, 4) is 0 Å². The van der Waals surface area contributed by atoms with Gasteiger partial charge in [-0.05, 0) is 42.8 Å². The van der Waals surface area contributed by atoms with E-state index >= 15 is 0 Å². The summed E-state index contributed by atoms with van der Waals surface area (Å²) >= 11 is 5.86. The SMILES string of the molecule is Cc1cc(Cl)ccc1C(O)Nc1cccc(S([NH-])(=O)=O)c1. The van der Waals surface area contributed by atoms with Gasteiger partial charge in [0.25, 0.3) is 0 Å². The average molecular weight is 326 g/mol. The fourth-order valence-corrected chi connectivity index (χ4v) is 2.70. The van der Waals surface area contributed by atoms with Crippen LogP contribution in [-0.2, 0) is 10.0 Å². The van der Waals surface area contributed by atoms with Crippen LogP contribution in [0.3, 0.4) is 0 Å². The van der Waals surface area contributed by atoms with Gasteiger partial charge in [-0.2, -0.15) is 0 Å². The lowest BCUT2D eigenvalue weighted by Crippen LogP contribution is -2.11. The molecule has 1 unspecified atom stereocenters. The minimum absolute atomic E-state index is 0.132. The van der Waals surface area contributed by atoms with Crippen LogP contribution < -0.4 is 5.32 Å².